The van der Waals surface area contributed by atoms with Crippen LogP contribution >= 0.6 is 24.8 Å². The van der Waals surface area contributed by atoms with Crippen molar-refractivity contribution in [2.24, 2.45) is 11.7 Å². The van der Waals surface area contributed by atoms with E-state index >= 15 is 0 Å². The Bertz CT molecular complexity index is 378. The molecule has 0 amide bonds. The van der Waals surface area contributed by atoms with Crippen molar-refractivity contribution in [3.8, 4) is 0 Å². The highest BCUT2D eigenvalue weighted by Gasteiger charge is 2.32. The Labute approximate surface area is 141 Å². The van der Waals surface area contributed by atoms with Gasteiger partial charge in [-0.3, -0.25) is 0 Å². The summed E-state index contributed by atoms with van der Waals surface area (Å²) < 4.78 is 5.47. The molecule has 2 N–H and O–H groups in total. The van der Waals surface area contributed by atoms with Crippen LogP contribution < -0.4 is 5.73 Å². The van der Waals surface area contributed by atoms with Crippen LogP contribution in [0.15, 0.2) is 30.3 Å². The zero-order chi connectivity index (χ0) is 13.7. The topological polar surface area (TPSA) is 38.5 Å². The monoisotopic (exact) mass is 334 g/mol. The fourth-order valence-corrected chi connectivity index (χ4v) is 2.95. The fourth-order valence-electron chi connectivity index (χ4n) is 2.95. The van der Waals surface area contributed by atoms with Gasteiger partial charge in [0.2, 0.25) is 0 Å². The number of hydrogen-bond donors (Lipinski definition) is 1. The van der Waals surface area contributed by atoms with E-state index in [0.29, 0.717) is 11.8 Å². The number of rotatable bonds is 5. The zero-order valence-corrected chi connectivity index (χ0v) is 14.5. The standard InChI is InChI=1S/C16H26N2O.2ClH/c1-3-19-10-9-18-11-13(2)16(17)15(12-18)14-7-5-4-6-8-14;;/h4-8,13,15-16H,3,9-12,17H2,1-2H3;2*1H/t13-,15?,16+;;/m0../s1. The Morgan fingerprint density at radius 2 is 1.86 bits per heavy atom. The SMILES string of the molecule is CCOCCN1CC(c2ccccc2)[C@H](N)[C@@H](C)C1.Cl.Cl. The molecule has 1 aromatic carbocycles. The Kier molecular flexibility index (Phi) is 10.3. The molecule has 3 nitrogen and oxygen atoms in total. The van der Waals surface area contributed by atoms with E-state index in [0.717, 1.165) is 32.8 Å². The maximum absolute atomic E-state index is 6.41. The molecule has 3 atom stereocenters. The van der Waals surface area contributed by atoms with Crippen LogP contribution in [0, 0.1) is 5.92 Å². The van der Waals surface area contributed by atoms with Crippen LogP contribution in [0.25, 0.3) is 0 Å². The van der Waals surface area contributed by atoms with E-state index < -0.39 is 0 Å². The lowest BCUT2D eigenvalue weighted by Crippen LogP contribution is -2.51. The number of hydrogen-bond acceptors (Lipinski definition) is 3. The molecule has 0 bridgehead atoms. The van der Waals surface area contributed by atoms with Gasteiger partial charge < -0.3 is 15.4 Å². The normalized spacial score (nSPS) is 25.8. The van der Waals surface area contributed by atoms with Crippen molar-refractivity contribution < 1.29 is 4.74 Å². The van der Waals surface area contributed by atoms with Gasteiger partial charge in [0.1, 0.15) is 0 Å². The first-order valence-corrected chi connectivity index (χ1v) is 7.33. The number of ether oxygens (including phenoxy) is 1. The molecule has 0 aromatic heterocycles. The molecular weight excluding hydrogens is 307 g/mol. The van der Waals surface area contributed by atoms with E-state index in [1.807, 2.05) is 6.92 Å². The summed E-state index contributed by atoms with van der Waals surface area (Å²) in [5.41, 5.74) is 7.78. The average Bonchev–Trinajstić information content (AvgIpc) is 2.44. The molecule has 0 spiro atoms. The highest BCUT2D eigenvalue weighted by molar-refractivity contribution is 5.85. The molecule has 1 unspecified atom stereocenters. The number of likely N-dealkylation sites (tertiary alicyclic amines) is 1. The van der Waals surface area contributed by atoms with Crippen LogP contribution in [-0.4, -0.2) is 43.8 Å². The molecule has 122 valence electrons. The van der Waals surface area contributed by atoms with Crippen LogP contribution in [-0.2, 0) is 4.74 Å². The molecule has 1 saturated heterocycles. The predicted octanol–water partition coefficient (Wildman–Crippen LogP) is 2.93. The second kappa shape index (κ2) is 10.4. The summed E-state index contributed by atoms with van der Waals surface area (Å²) in [5, 5.41) is 0. The third-order valence-electron chi connectivity index (χ3n) is 4.11. The molecular formula is C16H28Cl2N2O. The number of piperidine rings is 1. The van der Waals surface area contributed by atoms with Gasteiger partial charge in [0.25, 0.3) is 0 Å². The maximum Gasteiger partial charge on any atom is 0.0593 e. The Morgan fingerprint density at radius 1 is 1.19 bits per heavy atom. The summed E-state index contributed by atoms with van der Waals surface area (Å²) in [5.74, 6) is 0.965. The van der Waals surface area contributed by atoms with Gasteiger partial charge in [0, 0.05) is 38.2 Å². The van der Waals surface area contributed by atoms with E-state index in [9.17, 15) is 0 Å². The first kappa shape index (κ1) is 20.7. The minimum atomic E-state index is 0. The molecule has 21 heavy (non-hydrogen) atoms. The number of nitrogens with zero attached hydrogens (tertiary/aromatic N) is 1. The van der Waals surface area contributed by atoms with E-state index in [1.54, 1.807) is 0 Å². The summed E-state index contributed by atoms with van der Waals surface area (Å²) in [6, 6.07) is 10.9. The fraction of sp³-hybridized carbons (Fsp3) is 0.625. The second-order valence-corrected chi connectivity index (χ2v) is 5.53. The quantitative estimate of drug-likeness (QED) is 0.841. The third kappa shape index (κ3) is 5.76. The lowest BCUT2D eigenvalue weighted by atomic mass is 9.81. The third-order valence-corrected chi connectivity index (χ3v) is 4.11. The van der Waals surface area contributed by atoms with E-state index in [2.05, 4.69) is 42.2 Å². The van der Waals surface area contributed by atoms with E-state index in [1.165, 1.54) is 5.56 Å². The smallest absolute Gasteiger partial charge is 0.0593 e. The van der Waals surface area contributed by atoms with E-state index in [4.69, 9.17) is 10.5 Å². The van der Waals surface area contributed by atoms with Gasteiger partial charge in [-0.1, -0.05) is 37.3 Å². The second-order valence-electron chi connectivity index (χ2n) is 5.53. The van der Waals surface area contributed by atoms with Gasteiger partial charge in [-0.2, -0.15) is 0 Å². The molecule has 5 heteroatoms. The van der Waals surface area contributed by atoms with Gasteiger partial charge >= 0.3 is 0 Å². The van der Waals surface area contributed by atoms with Crippen LogP contribution in [0.2, 0.25) is 0 Å². The molecule has 0 aliphatic carbocycles. The number of benzene rings is 1. The van der Waals surface area contributed by atoms with E-state index in [-0.39, 0.29) is 30.9 Å². The summed E-state index contributed by atoms with van der Waals surface area (Å²) in [6.45, 7) is 9.05. The van der Waals surface area contributed by atoms with Crippen molar-refractivity contribution in [3.63, 3.8) is 0 Å². The molecule has 1 fully saturated rings. The summed E-state index contributed by atoms with van der Waals surface area (Å²) >= 11 is 0. The van der Waals surface area contributed by atoms with Crippen molar-refractivity contribution in [3.05, 3.63) is 35.9 Å². The minimum Gasteiger partial charge on any atom is -0.380 e. The predicted molar refractivity (Wildman–Crippen MR) is 93.8 cm³/mol. The first-order valence-electron chi connectivity index (χ1n) is 7.33. The van der Waals surface area contributed by atoms with Crippen LogP contribution in [0.5, 0.6) is 0 Å². The van der Waals surface area contributed by atoms with Crippen molar-refractivity contribution in [1.82, 2.24) is 4.90 Å². The molecule has 1 heterocycles. The van der Waals surface area contributed by atoms with Crippen LogP contribution in [0.1, 0.15) is 25.3 Å². The van der Waals surface area contributed by atoms with Crippen LogP contribution in [0.3, 0.4) is 0 Å². The molecule has 1 aliphatic heterocycles. The number of halogens is 2. The molecule has 0 saturated carbocycles. The maximum atomic E-state index is 6.41. The van der Waals surface area contributed by atoms with Gasteiger partial charge in [-0.25, -0.2) is 0 Å². The highest BCUT2D eigenvalue weighted by atomic mass is 35.5. The number of nitrogens with two attached hydrogens (primary N) is 1. The Hall–Kier alpha value is -0.320. The molecule has 2 rings (SSSR count). The van der Waals surface area contributed by atoms with Gasteiger partial charge in [0.15, 0.2) is 0 Å². The summed E-state index contributed by atoms with van der Waals surface area (Å²) in [4.78, 5) is 2.49. The van der Waals surface area contributed by atoms with Crippen molar-refractivity contribution in [2.45, 2.75) is 25.8 Å². The largest absolute Gasteiger partial charge is 0.380 e. The van der Waals surface area contributed by atoms with Crippen LogP contribution in [0.4, 0.5) is 0 Å². The molecule has 1 aliphatic rings. The summed E-state index contributed by atoms with van der Waals surface area (Å²) in [7, 11) is 0. The van der Waals surface area contributed by atoms with Crippen molar-refractivity contribution >= 4 is 24.8 Å². The Balaban J connectivity index is 0.00000200. The minimum absolute atomic E-state index is 0. The lowest BCUT2D eigenvalue weighted by Gasteiger charge is -2.41. The zero-order valence-electron chi connectivity index (χ0n) is 12.9. The van der Waals surface area contributed by atoms with Gasteiger partial charge in [-0.15, -0.1) is 24.8 Å². The summed E-state index contributed by atoms with van der Waals surface area (Å²) in [6.07, 6.45) is 0. The lowest BCUT2D eigenvalue weighted by molar-refractivity contribution is 0.0810. The first-order chi connectivity index (χ1) is 9.22. The molecule has 1 aromatic rings. The van der Waals surface area contributed by atoms with Gasteiger partial charge in [0.05, 0.1) is 6.61 Å². The Morgan fingerprint density at radius 3 is 2.48 bits per heavy atom. The van der Waals surface area contributed by atoms with Crippen molar-refractivity contribution in [1.29, 1.82) is 0 Å². The molecule has 0 radical (unpaired) electrons. The van der Waals surface area contributed by atoms with Crippen molar-refractivity contribution in [2.75, 3.05) is 32.8 Å². The highest BCUT2D eigenvalue weighted by Crippen LogP contribution is 2.29. The average molecular weight is 335 g/mol. The van der Waals surface area contributed by atoms with Gasteiger partial charge in [-0.05, 0) is 18.4 Å².